The molecular weight excluding hydrogens is 320 g/mol. The maximum absolute atomic E-state index is 12.1. The second kappa shape index (κ2) is 9.44. The number of carbonyl (C=O) groups is 2. The molecule has 0 saturated heterocycles. The summed E-state index contributed by atoms with van der Waals surface area (Å²) >= 11 is 0. The van der Waals surface area contributed by atoms with E-state index in [9.17, 15) is 9.59 Å². The quantitative estimate of drug-likeness (QED) is 0.720. The second-order valence-electron chi connectivity index (χ2n) is 5.47. The Morgan fingerprint density at radius 1 is 1.08 bits per heavy atom. The van der Waals surface area contributed by atoms with Crippen LogP contribution in [0.25, 0.3) is 0 Å². The number of benzene rings is 2. The van der Waals surface area contributed by atoms with E-state index in [-0.39, 0.29) is 37.4 Å². The van der Waals surface area contributed by atoms with Gasteiger partial charge in [0.15, 0.2) is 0 Å². The van der Waals surface area contributed by atoms with Crippen LogP contribution in [0.3, 0.4) is 0 Å². The van der Waals surface area contributed by atoms with E-state index in [1.807, 2.05) is 30.3 Å². The van der Waals surface area contributed by atoms with Crippen molar-refractivity contribution >= 4 is 17.6 Å². The lowest BCUT2D eigenvalue weighted by Crippen LogP contribution is -2.20. The van der Waals surface area contributed by atoms with E-state index in [0.717, 1.165) is 5.56 Å². The molecule has 0 aliphatic rings. The van der Waals surface area contributed by atoms with Crippen LogP contribution in [0.1, 0.15) is 24.4 Å². The lowest BCUT2D eigenvalue weighted by Gasteiger charge is -2.12. The van der Waals surface area contributed by atoms with Crippen molar-refractivity contribution in [1.29, 1.82) is 0 Å². The minimum Gasteiger partial charge on any atom is -0.493 e. The van der Waals surface area contributed by atoms with Crippen LogP contribution in [0.15, 0.2) is 54.6 Å². The SMILES string of the molecule is COC(=O)CCOc1ccc(NC(=O)CC(N)c2ccccc2)cc1. The molecule has 6 heteroatoms. The number of carbonyl (C=O) groups excluding carboxylic acids is 2. The number of esters is 1. The Kier molecular flexibility index (Phi) is 6.98. The van der Waals surface area contributed by atoms with Crippen LogP contribution in [-0.4, -0.2) is 25.6 Å². The molecule has 25 heavy (non-hydrogen) atoms. The molecular formula is C19H22N2O4. The minimum atomic E-state index is -0.345. The summed E-state index contributed by atoms with van der Waals surface area (Å²) in [5.41, 5.74) is 7.63. The first-order chi connectivity index (χ1) is 12.1. The third-order valence-corrected chi connectivity index (χ3v) is 3.57. The van der Waals surface area contributed by atoms with Gasteiger partial charge < -0.3 is 20.5 Å². The molecule has 0 heterocycles. The van der Waals surface area contributed by atoms with E-state index in [1.54, 1.807) is 24.3 Å². The lowest BCUT2D eigenvalue weighted by atomic mass is 10.0. The molecule has 0 aromatic heterocycles. The summed E-state index contributed by atoms with van der Waals surface area (Å²) in [7, 11) is 1.34. The zero-order chi connectivity index (χ0) is 18.1. The van der Waals surface area contributed by atoms with Gasteiger partial charge in [-0.1, -0.05) is 30.3 Å². The summed E-state index contributed by atoms with van der Waals surface area (Å²) in [6, 6.07) is 16.1. The van der Waals surface area contributed by atoms with Crippen LogP contribution in [0.2, 0.25) is 0 Å². The van der Waals surface area contributed by atoms with Crippen LogP contribution < -0.4 is 15.8 Å². The highest BCUT2D eigenvalue weighted by atomic mass is 16.5. The van der Waals surface area contributed by atoms with Crippen molar-refractivity contribution in [2.75, 3.05) is 19.0 Å². The predicted octanol–water partition coefficient (Wildman–Crippen LogP) is 2.66. The first-order valence-corrected chi connectivity index (χ1v) is 7.98. The molecule has 1 amide bonds. The van der Waals surface area contributed by atoms with E-state index in [0.29, 0.717) is 11.4 Å². The molecule has 2 aromatic carbocycles. The van der Waals surface area contributed by atoms with Gasteiger partial charge in [0.1, 0.15) is 5.75 Å². The molecule has 1 atom stereocenters. The van der Waals surface area contributed by atoms with Crippen LogP contribution >= 0.6 is 0 Å². The van der Waals surface area contributed by atoms with Gasteiger partial charge in [-0.05, 0) is 29.8 Å². The number of nitrogens with one attached hydrogen (secondary N) is 1. The fourth-order valence-electron chi connectivity index (χ4n) is 2.22. The van der Waals surface area contributed by atoms with Crippen molar-refractivity contribution in [1.82, 2.24) is 0 Å². The average Bonchev–Trinajstić information content (AvgIpc) is 2.63. The zero-order valence-corrected chi connectivity index (χ0v) is 14.1. The van der Waals surface area contributed by atoms with Crippen LogP contribution in [0, 0.1) is 0 Å². The molecule has 0 aliphatic carbocycles. The molecule has 2 aromatic rings. The summed E-state index contributed by atoms with van der Waals surface area (Å²) in [5, 5.41) is 2.80. The van der Waals surface area contributed by atoms with Gasteiger partial charge in [-0.2, -0.15) is 0 Å². The Hall–Kier alpha value is -2.86. The molecule has 0 saturated carbocycles. The molecule has 2 rings (SSSR count). The van der Waals surface area contributed by atoms with Crippen LogP contribution in [0.4, 0.5) is 5.69 Å². The molecule has 0 spiro atoms. The molecule has 3 N–H and O–H groups in total. The highest BCUT2D eigenvalue weighted by Crippen LogP contribution is 2.18. The molecule has 0 fully saturated rings. The Bertz CT molecular complexity index is 686. The molecule has 1 unspecified atom stereocenters. The predicted molar refractivity (Wildman–Crippen MR) is 95.2 cm³/mol. The lowest BCUT2D eigenvalue weighted by molar-refractivity contribution is -0.141. The zero-order valence-electron chi connectivity index (χ0n) is 14.1. The maximum atomic E-state index is 12.1. The van der Waals surface area contributed by atoms with Crippen molar-refractivity contribution < 1.29 is 19.1 Å². The van der Waals surface area contributed by atoms with Crippen molar-refractivity contribution in [3.8, 4) is 5.75 Å². The van der Waals surface area contributed by atoms with Crippen LogP contribution in [0.5, 0.6) is 5.75 Å². The highest BCUT2D eigenvalue weighted by Gasteiger charge is 2.11. The van der Waals surface area contributed by atoms with Gasteiger partial charge in [0.2, 0.25) is 5.91 Å². The van der Waals surface area contributed by atoms with Crippen molar-refractivity contribution in [2.24, 2.45) is 5.73 Å². The Balaban J connectivity index is 1.80. The van der Waals surface area contributed by atoms with Gasteiger partial charge in [0, 0.05) is 18.2 Å². The minimum absolute atomic E-state index is 0.157. The first kappa shape index (κ1) is 18.5. The van der Waals surface area contributed by atoms with Gasteiger partial charge in [-0.3, -0.25) is 9.59 Å². The van der Waals surface area contributed by atoms with E-state index in [2.05, 4.69) is 10.1 Å². The van der Waals surface area contributed by atoms with E-state index >= 15 is 0 Å². The van der Waals surface area contributed by atoms with Gasteiger partial charge in [0.25, 0.3) is 0 Å². The normalized spacial score (nSPS) is 11.4. The molecule has 132 valence electrons. The number of hydrogen-bond donors (Lipinski definition) is 2. The van der Waals surface area contributed by atoms with Crippen LogP contribution in [-0.2, 0) is 14.3 Å². The smallest absolute Gasteiger partial charge is 0.308 e. The van der Waals surface area contributed by atoms with E-state index in [4.69, 9.17) is 10.5 Å². The van der Waals surface area contributed by atoms with Gasteiger partial charge >= 0.3 is 5.97 Å². The number of methoxy groups -OCH3 is 1. The molecule has 0 radical (unpaired) electrons. The summed E-state index contributed by atoms with van der Waals surface area (Å²) in [6.45, 7) is 0.240. The van der Waals surface area contributed by atoms with E-state index < -0.39 is 0 Å². The average molecular weight is 342 g/mol. The summed E-state index contributed by atoms with van der Waals surface area (Å²) in [5.74, 6) is 0.136. The number of ether oxygens (including phenoxy) is 2. The molecule has 6 nitrogen and oxygen atoms in total. The topological polar surface area (TPSA) is 90.6 Å². The maximum Gasteiger partial charge on any atom is 0.308 e. The number of anilines is 1. The third kappa shape index (κ3) is 6.27. The second-order valence-corrected chi connectivity index (χ2v) is 5.47. The van der Waals surface area contributed by atoms with E-state index in [1.165, 1.54) is 7.11 Å². The summed E-state index contributed by atoms with van der Waals surface area (Å²) in [6.07, 6.45) is 0.383. The van der Waals surface area contributed by atoms with Gasteiger partial charge in [0.05, 0.1) is 20.1 Å². The largest absolute Gasteiger partial charge is 0.493 e. The van der Waals surface area contributed by atoms with Crippen molar-refractivity contribution in [3.63, 3.8) is 0 Å². The standard InChI is InChI=1S/C19H22N2O4/c1-24-19(23)11-12-25-16-9-7-15(8-10-16)21-18(22)13-17(20)14-5-3-2-4-6-14/h2-10,17H,11-13,20H2,1H3,(H,21,22). The van der Waals surface area contributed by atoms with Gasteiger partial charge in [-0.15, -0.1) is 0 Å². The number of nitrogens with two attached hydrogens (primary N) is 1. The Labute approximate surface area is 146 Å². The third-order valence-electron chi connectivity index (χ3n) is 3.57. The Morgan fingerprint density at radius 2 is 1.76 bits per heavy atom. The first-order valence-electron chi connectivity index (χ1n) is 7.98. The number of hydrogen-bond acceptors (Lipinski definition) is 5. The highest BCUT2D eigenvalue weighted by molar-refractivity contribution is 5.91. The monoisotopic (exact) mass is 342 g/mol. The molecule has 0 aliphatic heterocycles. The fourth-order valence-corrected chi connectivity index (χ4v) is 2.22. The Morgan fingerprint density at radius 3 is 2.40 bits per heavy atom. The summed E-state index contributed by atoms with van der Waals surface area (Å²) in [4.78, 5) is 23.1. The number of amides is 1. The molecule has 0 bridgehead atoms. The number of rotatable bonds is 8. The fraction of sp³-hybridized carbons (Fsp3) is 0.263. The van der Waals surface area contributed by atoms with Crippen molar-refractivity contribution in [3.05, 3.63) is 60.2 Å². The van der Waals surface area contributed by atoms with Gasteiger partial charge in [-0.25, -0.2) is 0 Å². The van der Waals surface area contributed by atoms with Crippen molar-refractivity contribution in [2.45, 2.75) is 18.9 Å². The summed E-state index contributed by atoms with van der Waals surface area (Å²) < 4.78 is 9.97.